The Balaban J connectivity index is 1.61. The average molecular weight is 356 g/mol. The van der Waals surface area contributed by atoms with Crippen molar-refractivity contribution >= 4 is 16.9 Å². The highest BCUT2D eigenvalue weighted by Gasteiger charge is 2.27. The number of benzene rings is 1. The predicted octanol–water partition coefficient (Wildman–Crippen LogP) is 3.49. The number of piperidine rings is 1. The first-order chi connectivity index (χ1) is 12.6. The Kier molecular flexibility index (Phi) is 6.20. The molecule has 0 unspecified atom stereocenters. The van der Waals surface area contributed by atoms with Crippen molar-refractivity contribution in [2.45, 2.75) is 52.1 Å². The van der Waals surface area contributed by atoms with Crippen LogP contribution in [0, 0.1) is 0 Å². The summed E-state index contributed by atoms with van der Waals surface area (Å²) in [6, 6.07) is 10.5. The number of H-pyrrole nitrogens is 1. The minimum atomic E-state index is 0.137. The lowest BCUT2D eigenvalue weighted by Gasteiger charge is -2.41. The molecule has 1 aliphatic rings. The van der Waals surface area contributed by atoms with E-state index in [0.29, 0.717) is 6.54 Å². The van der Waals surface area contributed by atoms with E-state index in [4.69, 9.17) is 4.99 Å². The lowest BCUT2D eigenvalue weighted by Crippen LogP contribution is -2.54. The van der Waals surface area contributed by atoms with Crippen LogP contribution in [0.3, 0.4) is 0 Å². The molecule has 2 aromatic rings. The largest absolute Gasteiger partial charge is 0.357 e. The first-order valence-corrected chi connectivity index (χ1v) is 9.92. The summed E-state index contributed by atoms with van der Waals surface area (Å²) in [6.07, 6.45) is 4.00. The van der Waals surface area contributed by atoms with Crippen molar-refractivity contribution in [1.29, 1.82) is 0 Å². The van der Waals surface area contributed by atoms with Gasteiger partial charge in [-0.1, -0.05) is 24.6 Å². The molecule has 1 fully saturated rings. The Bertz CT molecular complexity index is 692. The van der Waals surface area contributed by atoms with E-state index in [2.05, 4.69) is 71.6 Å². The van der Waals surface area contributed by atoms with E-state index in [1.54, 1.807) is 0 Å². The summed E-state index contributed by atoms with van der Waals surface area (Å²) in [6.45, 7) is 11.6. The smallest absolute Gasteiger partial charge is 0.191 e. The van der Waals surface area contributed by atoms with E-state index in [9.17, 15) is 0 Å². The zero-order chi connectivity index (χ0) is 18.4. The molecule has 0 atom stereocenters. The van der Waals surface area contributed by atoms with Gasteiger partial charge in [-0.3, -0.25) is 4.90 Å². The number of nitrogens with zero attached hydrogens (tertiary/aromatic N) is 2. The third-order valence-electron chi connectivity index (χ3n) is 5.24. The minimum absolute atomic E-state index is 0.137. The van der Waals surface area contributed by atoms with Crippen LogP contribution in [-0.2, 0) is 6.54 Å². The summed E-state index contributed by atoms with van der Waals surface area (Å²) >= 11 is 0. The number of hydrogen-bond donors (Lipinski definition) is 3. The molecule has 0 saturated carbocycles. The molecule has 3 N–H and O–H groups in total. The molecule has 5 nitrogen and oxygen atoms in total. The first kappa shape index (κ1) is 18.8. The molecular weight excluding hydrogens is 322 g/mol. The number of aromatic nitrogens is 1. The van der Waals surface area contributed by atoms with Crippen LogP contribution in [0.2, 0.25) is 0 Å². The summed E-state index contributed by atoms with van der Waals surface area (Å²) in [4.78, 5) is 10.8. The molecule has 5 heteroatoms. The fourth-order valence-corrected chi connectivity index (χ4v) is 3.64. The third kappa shape index (κ3) is 4.79. The molecule has 1 saturated heterocycles. The van der Waals surface area contributed by atoms with Gasteiger partial charge in [0.1, 0.15) is 0 Å². The maximum atomic E-state index is 4.77. The number of hydrogen-bond acceptors (Lipinski definition) is 2. The van der Waals surface area contributed by atoms with Crippen LogP contribution in [0.1, 0.15) is 45.7 Å². The molecule has 2 heterocycles. The van der Waals surface area contributed by atoms with Crippen molar-refractivity contribution in [2.75, 3.05) is 26.2 Å². The Morgan fingerprint density at radius 2 is 1.92 bits per heavy atom. The van der Waals surface area contributed by atoms with Crippen LogP contribution in [0.5, 0.6) is 0 Å². The Morgan fingerprint density at radius 3 is 2.65 bits per heavy atom. The van der Waals surface area contributed by atoms with E-state index >= 15 is 0 Å². The van der Waals surface area contributed by atoms with Crippen LogP contribution in [0.15, 0.2) is 35.3 Å². The zero-order valence-electron chi connectivity index (χ0n) is 16.4. The molecule has 142 valence electrons. The summed E-state index contributed by atoms with van der Waals surface area (Å²) in [7, 11) is 0. The third-order valence-corrected chi connectivity index (χ3v) is 5.24. The van der Waals surface area contributed by atoms with E-state index in [1.807, 2.05) is 0 Å². The molecule has 0 aliphatic carbocycles. The van der Waals surface area contributed by atoms with Crippen molar-refractivity contribution in [1.82, 2.24) is 20.5 Å². The van der Waals surface area contributed by atoms with Gasteiger partial charge < -0.3 is 15.6 Å². The van der Waals surface area contributed by atoms with Gasteiger partial charge in [-0.05, 0) is 64.2 Å². The molecule has 3 rings (SSSR count). The topological polar surface area (TPSA) is 55.5 Å². The van der Waals surface area contributed by atoms with Crippen molar-refractivity contribution in [3.05, 3.63) is 36.0 Å². The van der Waals surface area contributed by atoms with Gasteiger partial charge in [-0.2, -0.15) is 0 Å². The maximum absolute atomic E-state index is 4.77. The summed E-state index contributed by atoms with van der Waals surface area (Å²) < 4.78 is 0. The molecule has 0 radical (unpaired) electrons. The highest BCUT2D eigenvalue weighted by atomic mass is 15.2. The van der Waals surface area contributed by atoms with Crippen LogP contribution in [0.4, 0.5) is 0 Å². The molecule has 0 bridgehead atoms. The monoisotopic (exact) mass is 355 g/mol. The molecule has 26 heavy (non-hydrogen) atoms. The van der Waals surface area contributed by atoms with E-state index in [-0.39, 0.29) is 5.54 Å². The maximum Gasteiger partial charge on any atom is 0.191 e. The highest BCUT2D eigenvalue weighted by molar-refractivity contribution is 5.81. The molecular formula is C21H33N5. The van der Waals surface area contributed by atoms with Gasteiger partial charge in [-0.15, -0.1) is 0 Å². The lowest BCUT2D eigenvalue weighted by atomic mass is 9.98. The standard InChI is InChI=1S/C21H33N5/c1-4-22-20(24-16-21(2,3)26-12-8-5-9-13-26)23-15-18-14-17-10-6-7-11-19(17)25-18/h6-7,10-11,14,25H,4-5,8-9,12-13,15-16H2,1-3H3,(H2,22,23,24). The summed E-state index contributed by atoms with van der Waals surface area (Å²) in [5.41, 5.74) is 2.44. The number of aromatic amines is 1. The first-order valence-electron chi connectivity index (χ1n) is 9.92. The summed E-state index contributed by atoms with van der Waals surface area (Å²) in [5, 5.41) is 8.15. The van der Waals surface area contributed by atoms with E-state index < -0.39 is 0 Å². The molecule has 0 spiro atoms. The van der Waals surface area contributed by atoms with Gasteiger partial charge in [0.2, 0.25) is 0 Å². The number of aliphatic imine (C=N–C) groups is 1. The zero-order valence-corrected chi connectivity index (χ0v) is 16.4. The Labute approximate surface area is 157 Å². The van der Waals surface area contributed by atoms with Gasteiger partial charge in [0.25, 0.3) is 0 Å². The van der Waals surface area contributed by atoms with Crippen molar-refractivity contribution in [2.24, 2.45) is 4.99 Å². The number of likely N-dealkylation sites (tertiary alicyclic amines) is 1. The van der Waals surface area contributed by atoms with E-state index in [0.717, 1.165) is 24.7 Å². The van der Waals surface area contributed by atoms with Gasteiger partial charge in [0, 0.05) is 29.8 Å². The van der Waals surface area contributed by atoms with Gasteiger partial charge in [0.15, 0.2) is 5.96 Å². The van der Waals surface area contributed by atoms with Crippen LogP contribution < -0.4 is 10.6 Å². The Hall–Kier alpha value is -2.01. The van der Waals surface area contributed by atoms with Gasteiger partial charge in [0.05, 0.1) is 6.54 Å². The minimum Gasteiger partial charge on any atom is -0.357 e. The highest BCUT2D eigenvalue weighted by Crippen LogP contribution is 2.20. The number of guanidine groups is 1. The van der Waals surface area contributed by atoms with Crippen molar-refractivity contribution < 1.29 is 0 Å². The number of fused-ring (bicyclic) bond motifs is 1. The van der Waals surface area contributed by atoms with Crippen molar-refractivity contribution in [3.8, 4) is 0 Å². The van der Waals surface area contributed by atoms with Crippen LogP contribution in [-0.4, -0.2) is 47.6 Å². The quantitative estimate of drug-likeness (QED) is 0.549. The Morgan fingerprint density at radius 1 is 1.15 bits per heavy atom. The second-order valence-electron chi connectivity index (χ2n) is 7.79. The number of para-hydroxylation sites is 1. The SMILES string of the molecule is CCNC(=NCc1cc2ccccc2[nH]1)NCC(C)(C)N1CCCCC1. The van der Waals surface area contributed by atoms with E-state index in [1.165, 1.54) is 43.3 Å². The predicted molar refractivity (Wildman–Crippen MR) is 111 cm³/mol. The van der Waals surface area contributed by atoms with Gasteiger partial charge >= 0.3 is 0 Å². The molecule has 0 amide bonds. The number of nitrogens with one attached hydrogen (secondary N) is 3. The number of rotatable bonds is 6. The van der Waals surface area contributed by atoms with Crippen molar-refractivity contribution in [3.63, 3.8) is 0 Å². The molecule has 1 aromatic carbocycles. The van der Waals surface area contributed by atoms with Crippen LogP contribution in [0.25, 0.3) is 10.9 Å². The normalized spacial score (nSPS) is 16.8. The fraction of sp³-hybridized carbons (Fsp3) is 0.571. The fourth-order valence-electron chi connectivity index (χ4n) is 3.64. The molecule has 1 aromatic heterocycles. The average Bonchev–Trinajstić information content (AvgIpc) is 3.08. The molecule has 1 aliphatic heterocycles. The lowest BCUT2D eigenvalue weighted by molar-refractivity contribution is 0.0982. The summed E-state index contributed by atoms with van der Waals surface area (Å²) in [5.74, 6) is 0.885. The second-order valence-corrected chi connectivity index (χ2v) is 7.79. The second kappa shape index (κ2) is 8.58. The van der Waals surface area contributed by atoms with Gasteiger partial charge in [-0.25, -0.2) is 4.99 Å². The van der Waals surface area contributed by atoms with Crippen LogP contribution >= 0.6 is 0 Å².